The molecule has 1 unspecified atom stereocenters. The largest absolute Gasteiger partial charge is 0.393 e. The maximum atomic E-state index is 9.21. The summed E-state index contributed by atoms with van der Waals surface area (Å²) in [6, 6.07) is 8.24. The van der Waals surface area contributed by atoms with E-state index in [-0.39, 0.29) is 6.10 Å². The van der Waals surface area contributed by atoms with Crippen LogP contribution in [0.4, 0.5) is 0 Å². The Hall–Kier alpha value is -2.26. The van der Waals surface area contributed by atoms with Crippen LogP contribution in [0.25, 0.3) is 17.5 Å². The summed E-state index contributed by atoms with van der Waals surface area (Å²) in [4.78, 5) is 8.86. The van der Waals surface area contributed by atoms with Crippen molar-refractivity contribution < 1.29 is 5.11 Å². The molecule has 0 aliphatic carbocycles. The fourth-order valence-corrected chi connectivity index (χ4v) is 2.28. The molecule has 0 saturated heterocycles. The first-order valence-corrected chi connectivity index (χ1v) is 8.06. The molecule has 0 spiro atoms. The highest BCUT2D eigenvalue weighted by Gasteiger charge is 2.01. The number of allylic oxidation sites excluding steroid dienone is 2. The molecule has 1 aromatic heterocycles. The smallest absolute Gasteiger partial charge is 0.159 e. The van der Waals surface area contributed by atoms with Crippen LogP contribution in [0.15, 0.2) is 55.4 Å². The predicted molar refractivity (Wildman–Crippen MR) is 95.9 cm³/mol. The Bertz CT molecular complexity index is 628. The number of hydrogen-bond donors (Lipinski definition) is 1. The number of rotatable bonds is 8. The van der Waals surface area contributed by atoms with E-state index in [0.29, 0.717) is 0 Å². The average Bonchev–Trinajstić information content (AvgIpc) is 2.56. The van der Waals surface area contributed by atoms with Gasteiger partial charge < -0.3 is 5.11 Å². The minimum atomic E-state index is -0.219. The predicted octanol–water partition coefficient (Wildman–Crippen LogP) is 4.44. The van der Waals surface area contributed by atoms with Crippen molar-refractivity contribution in [3.05, 3.63) is 66.5 Å². The molecule has 2 rings (SSSR count). The van der Waals surface area contributed by atoms with Gasteiger partial charge in [-0.05, 0) is 38.2 Å². The van der Waals surface area contributed by atoms with Gasteiger partial charge in [-0.1, -0.05) is 42.5 Å². The molecule has 0 radical (unpaired) electrons. The second-order valence-electron chi connectivity index (χ2n) is 5.71. The molecule has 0 aliphatic rings. The standard InChI is InChI=1S/C20H24N2O/c1-3-7-17-10-12-19(13-11-17)20-21-14-18(15-22-20)9-6-4-5-8-16(2)23/h3,6,9-16,23H,1,4-5,7-8H2,2H3/b9-6+. The van der Waals surface area contributed by atoms with Crippen molar-refractivity contribution in [1.29, 1.82) is 0 Å². The van der Waals surface area contributed by atoms with Gasteiger partial charge in [0, 0.05) is 23.5 Å². The van der Waals surface area contributed by atoms with Gasteiger partial charge in [-0.15, -0.1) is 6.58 Å². The third kappa shape index (κ3) is 5.80. The normalized spacial score (nSPS) is 12.4. The summed E-state index contributed by atoms with van der Waals surface area (Å²) in [7, 11) is 0. The lowest BCUT2D eigenvalue weighted by Gasteiger charge is -2.02. The molecule has 23 heavy (non-hydrogen) atoms. The molecular formula is C20H24N2O. The summed E-state index contributed by atoms with van der Waals surface area (Å²) >= 11 is 0. The monoisotopic (exact) mass is 308 g/mol. The molecule has 3 heteroatoms. The number of aliphatic hydroxyl groups excluding tert-OH is 1. The average molecular weight is 308 g/mol. The van der Waals surface area contributed by atoms with Crippen molar-refractivity contribution in [3.63, 3.8) is 0 Å². The van der Waals surface area contributed by atoms with Gasteiger partial charge in [-0.3, -0.25) is 0 Å². The molecule has 0 fully saturated rings. The molecule has 1 atom stereocenters. The van der Waals surface area contributed by atoms with E-state index in [0.717, 1.165) is 42.6 Å². The Kier molecular flexibility index (Phi) is 6.70. The molecule has 120 valence electrons. The third-order valence-corrected chi connectivity index (χ3v) is 3.57. The lowest BCUT2D eigenvalue weighted by Crippen LogP contribution is -1.97. The molecule has 3 nitrogen and oxygen atoms in total. The first-order chi connectivity index (χ1) is 11.2. The summed E-state index contributed by atoms with van der Waals surface area (Å²) in [6.45, 7) is 5.57. The summed E-state index contributed by atoms with van der Waals surface area (Å²) < 4.78 is 0. The van der Waals surface area contributed by atoms with E-state index < -0.39 is 0 Å². The second kappa shape index (κ2) is 9.01. The summed E-state index contributed by atoms with van der Waals surface area (Å²) in [5.41, 5.74) is 3.25. The maximum absolute atomic E-state index is 9.21. The quantitative estimate of drug-likeness (QED) is 0.579. The van der Waals surface area contributed by atoms with Gasteiger partial charge in [0.25, 0.3) is 0 Å². The molecule has 0 aliphatic heterocycles. The van der Waals surface area contributed by atoms with Gasteiger partial charge in [0.15, 0.2) is 5.82 Å². The molecular weight excluding hydrogens is 284 g/mol. The van der Waals surface area contributed by atoms with E-state index in [4.69, 9.17) is 0 Å². The Labute approximate surface area is 138 Å². The van der Waals surface area contributed by atoms with E-state index in [1.54, 1.807) is 0 Å². The van der Waals surface area contributed by atoms with Crippen LogP contribution in [-0.2, 0) is 6.42 Å². The van der Waals surface area contributed by atoms with Gasteiger partial charge >= 0.3 is 0 Å². The number of aromatic nitrogens is 2. The molecule has 2 aromatic rings. The fraction of sp³-hybridized carbons (Fsp3) is 0.300. The van der Waals surface area contributed by atoms with Crippen LogP contribution in [0.1, 0.15) is 37.3 Å². The summed E-state index contributed by atoms with van der Waals surface area (Å²) in [5.74, 6) is 0.737. The molecule has 1 N–H and O–H groups in total. The highest BCUT2D eigenvalue weighted by atomic mass is 16.3. The Morgan fingerprint density at radius 3 is 2.48 bits per heavy atom. The van der Waals surface area contributed by atoms with Crippen LogP contribution in [0.5, 0.6) is 0 Å². The van der Waals surface area contributed by atoms with Crippen LogP contribution in [0.3, 0.4) is 0 Å². The number of aliphatic hydroxyl groups is 1. The van der Waals surface area contributed by atoms with E-state index in [2.05, 4.69) is 34.8 Å². The van der Waals surface area contributed by atoms with Gasteiger partial charge in [0.2, 0.25) is 0 Å². The van der Waals surface area contributed by atoms with Gasteiger partial charge in [-0.25, -0.2) is 9.97 Å². The zero-order valence-electron chi connectivity index (χ0n) is 13.7. The molecule has 0 bridgehead atoms. The van der Waals surface area contributed by atoms with Crippen molar-refractivity contribution in [2.24, 2.45) is 0 Å². The van der Waals surface area contributed by atoms with Crippen molar-refractivity contribution >= 4 is 6.08 Å². The topological polar surface area (TPSA) is 46.0 Å². The van der Waals surface area contributed by atoms with Gasteiger partial charge in [0.05, 0.1) is 6.10 Å². The highest BCUT2D eigenvalue weighted by Crippen LogP contribution is 2.16. The zero-order valence-corrected chi connectivity index (χ0v) is 13.7. The van der Waals surface area contributed by atoms with Gasteiger partial charge in [-0.2, -0.15) is 0 Å². The van der Waals surface area contributed by atoms with Crippen LogP contribution < -0.4 is 0 Å². The Morgan fingerprint density at radius 2 is 1.87 bits per heavy atom. The zero-order chi connectivity index (χ0) is 16.5. The lowest BCUT2D eigenvalue weighted by molar-refractivity contribution is 0.182. The second-order valence-corrected chi connectivity index (χ2v) is 5.71. The van der Waals surface area contributed by atoms with Gasteiger partial charge in [0.1, 0.15) is 0 Å². The van der Waals surface area contributed by atoms with Crippen LogP contribution >= 0.6 is 0 Å². The third-order valence-electron chi connectivity index (χ3n) is 3.57. The highest BCUT2D eigenvalue weighted by molar-refractivity contribution is 5.56. The Morgan fingerprint density at radius 1 is 1.17 bits per heavy atom. The number of nitrogens with zero attached hydrogens (tertiary/aromatic N) is 2. The maximum Gasteiger partial charge on any atom is 0.159 e. The summed E-state index contributed by atoms with van der Waals surface area (Å²) in [6.07, 6.45) is 13.1. The number of benzene rings is 1. The van der Waals surface area contributed by atoms with Crippen molar-refractivity contribution in [3.8, 4) is 11.4 Å². The number of hydrogen-bond acceptors (Lipinski definition) is 3. The molecule has 0 amide bonds. The van der Waals surface area contributed by atoms with E-state index in [9.17, 15) is 5.11 Å². The lowest BCUT2D eigenvalue weighted by atomic mass is 10.1. The summed E-state index contributed by atoms with van der Waals surface area (Å²) in [5, 5.41) is 9.21. The molecule has 1 aromatic carbocycles. The first-order valence-electron chi connectivity index (χ1n) is 8.06. The van der Waals surface area contributed by atoms with Crippen LogP contribution in [0, 0.1) is 0 Å². The number of unbranched alkanes of at least 4 members (excludes halogenated alkanes) is 1. The minimum absolute atomic E-state index is 0.219. The molecule has 0 saturated carbocycles. The van der Waals surface area contributed by atoms with Crippen molar-refractivity contribution in [1.82, 2.24) is 9.97 Å². The van der Waals surface area contributed by atoms with E-state index >= 15 is 0 Å². The minimum Gasteiger partial charge on any atom is -0.393 e. The molecule has 1 heterocycles. The van der Waals surface area contributed by atoms with Crippen LogP contribution in [-0.4, -0.2) is 21.2 Å². The van der Waals surface area contributed by atoms with Crippen LogP contribution in [0.2, 0.25) is 0 Å². The van der Waals surface area contributed by atoms with Crippen molar-refractivity contribution in [2.75, 3.05) is 0 Å². The van der Waals surface area contributed by atoms with Crippen molar-refractivity contribution in [2.45, 2.75) is 38.7 Å². The van der Waals surface area contributed by atoms with E-state index in [1.807, 2.05) is 43.6 Å². The fourth-order valence-electron chi connectivity index (χ4n) is 2.28. The Balaban J connectivity index is 1.93. The first kappa shape index (κ1) is 17.1. The van der Waals surface area contributed by atoms with E-state index in [1.165, 1.54) is 5.56 Å². The SMILES string of the molecule is C=CCc1ccc(-c2ncc(/C=C/CCCC(C)O)cn2)cc1.